The van der Waals surface area contributed by atoms with Crippen molar-refractivity contribution in [3.63, 3.8) is 0 Å². The summed E-state index contributed by atoms with van der Waals surface area (Å²) in [4.78, 5) is 24.5. The first-order chi connectivity index (χ1) is 11.9. The third kappa shape index (κ3) is 2.77. The van der Waals surface area contributed by atoms with Crippen LogP contribution in [0.2, 0.25) is 5.02 Å². The second-order valence-electron chi connectivity index (χ2n) is 6.57. The normalized spacial score (nSPS) is 21.8. The fourth-order valence-electron chi connectivity index (χ4n) is 3.48. The average molecular weight is 378 g/mol. The minimum Gasteiger partial charge on any atom is -0.353 e. The van der Waals surface area contributed by atoms with E-state index in [1.807, 2.05) is 0 Å². The highest BCUT2D eigenvalue weighted by Crippen LogP contribution is 2.42. The van der Waals surface area contributed by atoms with Crippen LogP contribution >= 0.6 is 22.9 Å². The van der Waals surface area contributed by atoms with Gasteiger partial charge in [0.1, 0.15) is 16.2 Å². The van der Waals surface area contributed by atoms with Gasteiger partial charge >= 0.3 is 0 Å². The SMILES string of the molecule is C[C@@H]1CCc2c(sc3c2C(=O)N[C@@H](c2ccc(Cl)c([N+](=O)[O-])c2)N3)C1. The molecule has 6 nitrogen and oxygen atoms in total. The number of fused-ring (bicyclic) bond motifs is 3. The van der Waals surface area contributed by atoms with Crippen molar-refractivity contribution in [3.8, 4) is 0 Å². The quantitative estimate of drug-likeness (QED) is 0.604. The molecule has 0 bridgehead atoms. The summed E-state index contributed by atoms with van der Waals surface area (Å²) in [7, 11) is 0. The lowest BCUT2D eigenvalue weighted by molar-refractivity contribution is -0.384. The molecule has 0 saturated carbocycles. The van der Waals surface area contributed by atoms with E-state index < -0.39 is 11.1 Å². The molecule has 2 aliphatic rings. The van der Waals surface area contributed by atoms with Crippen molar-refractivity contribution in [2.45, 2.75) is 32.4 Å². The molecule has 2 N–H and O–H groups in total. The van der Waals surface area contributed by atoms with E-state index in [0.29, 0.717) is 11.5 Å². The van der Waals surface area contributed by atoms with Gasteiger partial charge in [-0.25, -0.2) is 0 Å². The number of amides is 1. The number of rotatable bonds is 2. The standard InChI is InChI=1S/C17H16ClN3O3S/c1-8-2-4-10-13(6-8)25-17-14(10)16(22)19-15(20-17)9-3-5-11(18)12(7-9)21(23)24/h3,5,7-8,15,20H,2,4,6H2,1H3,(H,19,22)/t8-,15-/m1/s1. The van der Waals surface area contributed by atoms with Crippen LogP contribution in [-0.2, 0) is 12.8 Å². The van der Waals surface area contributed by atoms with Crippen molar-refractivity contribution < 1.29 is 9.72 Å². The summed E-state index contributed by atoms with van der Waals surface area (Å²) < 4.78 is 0. The Hall–Kier alpha value is -2.12. The molecule has 1 aliphatic heterocycles. The molecule has 0 saturated heterocycles. The number of hydrogen-bond acceptors (Lipinski definition) is 5. The van der Waals surface area contributed by atoms with Crippen LogP contribution in [0.15, 0.2) is 18.2 Å². The zero-order chi connectivity index (χ0) is 17.7. The molecule has 1 aliphatic carbocycles. The van der Waals surface area contributed by atoms with Crippen LogP contribution in [0.1, 0.15) is 45.9 Å². The van der Waals surface area contributed by atoms with Gasteiger partial charge in [-0.05, 0) is 36.8 Å². The summed E-state index contributed by atoms with van der Waals surface area (Å²) in [5.74, 6) is 0.508. The first-order valence-corrected chi connectivity index (χ1v) is 9.29. The number of hydrogen-bond donors (Lipinski definition) is 2. The van der Waals surface area contributed by atoms with E-state index in [4.69, 9.17) is 11.6 Å². The summed E-state index contributed by atoms with van der Waals surface area (Å²) in [6.45, 7) is 2.23. The number of halogens is 1. The van der Waals surface area contributed by atoms with Crippen LogP contribution in [0.4, 0.5) is 10.7 Å². The van der Waals surface area contributed by atoms with Gasteiger partial charge in [-0.15, -0.1) is 11.3 Å². The van der Waals surface area contributed by atoms with Crippen molar-refractivity contribution >= 4 is 39.5 Å². The molecule has 0 spiro atoms. The van der Waals surface area contributed by atoms with E-state index in [0.717, 1.165) is 35.4 Å². The highest BCUT2D eigenvalue weighted by atomic mass is 35.5. The van der Waals surface area contributed by atoms with Gasteiger partial charge < -0.3 is 10.6 Å². The monoisotopic (exact) mass is 377 g/mol. The Balaban J connectivity index is 1.69. The summed E-state index contributed by atoms with van der Waals surface area (Å²) in [5.41, 5.74) is 2.34. The average Bonchev–Trinajstić information content (AvgIpc) is 2.92. The summed E-state index contributed by atoms with van der Waals surface area (Å²) in [6.07, 6.45) is 2.51. The van der Waals surface area contributed by atoms with Crippen LogP contribution in [-0.4, -0.2) is 10.8 Å². The minimum atomic E-state index is -0.521. The maximum atomic E-state index is 12.7. The molecule has 130 valence electrons. The maximum absolute atomic E-state index is 12.7. The van der Waals surface area contributed by atoms with Gasteiger partial charge in [0.15, 0.2) is 0 Å². The molecule has 2 atom stereocenters. The third-order valence-electron chi connectivity index (χ3n) is 4.79. The first kappa shape index (κ1) is 16.4. The second kappa shape index (κ2) is 6.00. The Morgan fingerprint density at radius 2 is 2.16 bits per heavy atom. The van der Waals surface area contributed by atoms with Crippen LogP contribution in [0.25, 0.3) is 0 Å². The fraction of sp³-hybridized carbons (Fsp3) is 0.353. The number of nitrogens with zero attached hydrogens (tertiary/aromatic N) is 1. The number of benzene rings is 1. The van der Waals surface area contributed by atoms with Gasteiger partial charge in [-0.1, -0.05) is 24.6 Å². The molecule has 0 radical (unpaired) electrons. The number of nitrogens with one attached hydrogen (secondary N) is 2. The minimum absolute atomic E-state index is 0.0807. The molecule has 2 heterocycles. The predicted molar refractivity (Wildman–Crippen MR) is 97.4 cm³/mol. The van der Waals surface area contributed by atoms with Gasteiger partial charge in [0.05, 0.1) is 10.5 Å². The lowest BCUT2D eigenvalue weighted by Crippen LogP contribution is -2.38. The van der Waals surface area contributed by atoms with Crippen molar-refractivity contribution in [1.82, 2.24) is 5.32 Å². The molecule has 0 unspecified atom stereocenters. The molecule has 1 aromatic carbocycles. The summed E-state index contributed by atoms with van der Waals surface area (Å²) in [6, 6.07) is 4.58. The summed E-state index contributed by atoms with van der Waals surface area (Å²) >= 11 is 7.50. The molecular formula is C17H16ClN3O3S. The zero-order valence-corrected chi connectivity index (χ0v) is 15.0. The molecular weight excluding hydrogens is 362 g/mol. The van der Waals surface area contributed by atoms with Crippen LogP contribution in [0, 0.1) is 16.0 Å². The number of anilines is 1. The van der Waals surface area contributed by atoms with Crippen LogP contribution < -0.4 is 10.6 Å². The number of carbonyl (C=O) groups is 1. The van der Waals surface area contributed by atoms with Crippen molar-refractivity contribution in [2.24, 2.45) is 5.92 Å². The second-order valence-corrected chi connectivity index (χ2v) is 8.09. The van der Waals surface area contributed by atoms with Gasteiger partial charge in [-0.3, -0.25) is 14.9 Å². The Morgan fingerprint density at radius 3 is 2.92 bits per heavy atom. The fourth-order valence-corrected chi connectivity index (χ4v) is 5.10. The molecule has 1 aromatic heterocycles. The molecule has 0 fully saturated rings. The van der Waals surface area contributed by atoms with E-state index in [-0.39, 0.29) is 16.6 Å². The van der Waals surface area contributed by atoms with Crippen molar-refractivity contribution in [2.75, 3.05) is 5.32 Å². The number of nitro groups is 1. The van der Waals surface area contributed by atoms with E-state index in [2.05, 4.69) is 17.6 Å². The largest absolute Gasteiger partial charge is 0.353 e. The summed E-state index contributed by atoms with van der Waals surface area (Å²) in [5, 5.41) is 18.3. The van der Waals surface area contributed by atoms with Crippen molar-refractivity contribution in [1.29, 1.82) is 0 Å². The van der Waals surface area contributed by atoms with E-state index in [1.165, 1.54) is 17.0 Å². The highest BCUT2D eigenvalue weighted by Gasteiger charge is 2.33. The third-order valence-corrected chi connectivity index (χ3v) is 6.30. The molecule has 25 heavy (non-hydrogen) atoms. The number of nitro benzene ring substituents is 1. The maximum Gasteiger partial charge on any atom is 0.288 e. The van der Waals surface area contributed by atoms with Crippen molar-refractivity contribution in [3.05, 3.63) is 54.9 Å². The lowest BCUT2D eigenvalue weighted by atomic mass is 9.88. The Morgan fingerprint density at radius 1 is 1.36 bits per heavy atom. The number of thiophene rings is 1. The van der Waals surface area contributed by atoms with E-state index >= 15 is 0 Å². The van der Waals surface area contributed by atoms with Gasteiger partial charge in [0.2, 0.25) is 0 Å². The highest BCUT2D eigenvalue weighted by molar-refractivity contribution is 7.16. The molecule has 4 rings (SSSR count). The topological polar surface area (TPSA) is 84.3 Å². The van der Waals surface area contributed by atoms with Gasteiger partial charge in [0.25, 0.3) is 11.6 Å². The van der Waals surface area contributed by atoms with E-state index in [9.17, 15) is 14.9 Å². The Kier molecular flexibility index (Phi) is 3.92. The molecule has 8 heteroatoms. The number of carbonyl (C=O) groups excluding carboxylic acids is 1. The Bertz CT molecular complexity index is 896. The lowest BCUT2D eigenvalue weighted by Gasteiger charge is -2.27. The van der Waals surface area contributed by atoms with Crippen LogP contribution in [0.3, 0.4) is 0 Å². The zero-order valence-electron chi connectivity index (χ0n) is 13.5. The van der Waals surface area contributed by atoms with Gasteiger partial charge in [0, 0.05) is 16.5 Å². The molecule has 2 aromatic rings. The molecule has 1 amide bonds. The van der Waals surface area contributed by atoms with Crippen LogP contribution in [0.5, 0.6) is 0 Å². The predicted octanol–water partition coefficient (Wildman–Crippen LogP) is 4.29. The Labute approximate surface area is 153 Å². The van der Waals surface area contributed by atoms with E-state index in [1.54, 1.807) is 17.4 Å². The van der Waals surface area contributed by atoms with Gasteiger partial charge in [-0.2, -0.15) is 0 Å². The smallest absolute Gasteiger partial charge is 0.288 e. The first-order valence-electron chi connectivity index (χ1n) is 8.10.